The van der Waals surface area contributed by atoms with Gasteiger partial charge in [-0.1, -0.05) is 43.3 Å². The molecule has 0 aliphatic carbocycles. The van der Waals surface area contributed by atoms with Gasteiger partial charge >= 0.3 is 0 Å². The topological polar surface area (TPSA) is 59.8 Å². The van der Waals surface area contributed by atoms with Crippen molar-refractivity contribution in [2.24, 2.45) is 0 Å². The number of nitrogens with zero attached hydrogens (tertiary/aromatic N) is 3. The van der Waals surface area contributed by atoms with Crippen LogP contribution in [0.4, 0.5) is 5.69 Å². The van der Waals surface area contributed by atoms with Crippen LogP contribution < -0.4 is 5.32 Å². The third kappa shape index (κ3) is 4.96. The minimum absolute atomic E-state index is 0.0910. The number of rotatable bonds is 8. The Morgan fingerprint density at radius 2 is 2.11 bits per heavy atom. The van der Waals surface area contributed by atoms with E-state index < -0.39 is 0 Å². The van der Waals surface area contributed by atoms with E-state index in [1.165, 1.54) is 16.6 Å². The maximum absolute atomic E-state index is 12.4. The molecule has 0 unspecified atom stereocenters. The average molecular weight is 435 g/mol. The van der Waals surface area contributed by atoms with Gasteiger partial charge in [-0.25, -0.2) is 0 Å². The van der Waals surface area contributed by atoms with Crippen LogP contribution in [0.5, 0.6) is 0 Å². The van der Waals surface area contributed by atoms with Gasteiger partial charge in [0.2, 0.25) is 5.91 Å². The van der Waals surface area contributed by atoms with Gasteiger partial charge in [0.1, 0.15) is 0 Å². The van der Waals surface area contributed by atoms with Crippen LogP contribution in [0.3, 0.4) is 0 Å². The van der Waals surface area contributed by atoms with Crippen molar-refractivity contribution >= 4 is 46.3 Å². The maximum Gasteiger partial charge on any atom is 0.234 e. The monoisotopic (exact) mass is 434 g/mol. The Hall–Kier alpha value is -1.83. The highest BCUT2D eigenvalue weighted by atomic mass is 35.5. The lowest BCUT2D eigenvalue weighted by atomic mass is 10.2. The van der Waals surface area contributed by atoms with Crippen molar-refractivity contribution in [1.29, 1.82) is 0 Å². The third-order valence-corrected chi connectivity index (χ3v) is 6.51. The summed E-state index contributed by atoms with van der Waals surface area (Å²) < 4.78 is 2.10. The number of hydrogen-bond acceptors (Lipinski definition) is 5. The molecule has 3 aromatic rings. The van der Waals surface area contributed by atoms with E-state index in [-0.39, 0.29) is 11.7 Å². The maximum atomic E-state index is 12.4. The first-order chi connectivity index (χ1) is 13.5. The number of halogens is 1. The van der Waals surface area contributed by atoms with E-state index in [0.717, 1.165) is 47.2 Å². The van der Waals surface area contributed by atoms with Gasteiger partial charge in [0, 0.05) is 33.1 Å². The van der Waals surface area contributed by atoms with Crippen molar-refractivity contribution in [3.05, 3.63) is 45.1 Å². The molecule has 0 fully saturated rings. The first-order valence-corrected chi connectivity index (χ1v) is 11.5. The lowest BCUT2D eigenvalue weighted by Gasteiger charge is -2.10. The SMILES string of the molecule is CCCn1c(SCC(=O)Nc2cc(Cl)ccc2C)nnc1-c1csc(CC)c1. The number of thiophene rings is 1. The van der Waals surface area contributed by atoms with Crippen molar-refractivity contribution in [2.45, 2.75) is 45.3 Å². The van der Waals surface area contributed by atoms with E-state index in [4.69, 9.17) is 11.6 Å². The van der Waals surface area contributed by atoms with Crippen molar-refractivity contribution in [1.82, 2.24) is 14.8 Å². The van der Waals surface area contributed by atoms with E-state index in [9.17, 15) is 4.79 Å². The van der Waals surface area contributed by atoms with Crippen LogP contribution in [-0.4, -0.2) is 26.4 Å². The summed E-state index contributed by atoms with van der Waals surface area (Å²) in [5.74, 6) is 1.04. The molecule has 1 aromatic carbocycles. The zero-order chi connectivity index (χ0) is 20.1. The molecule has 0 bridgehead atoms. The van der Waals surface area contributed by atoms with E-state index >= 15 is 0 Å². The molecule has 0 spiro atoms. The summed E-state index contributed by atoms with van der Waals surface area (Å²) in [4.78, 5) is 13.7. The fraction of sp³-hybridized carbons (Fsp3) is 0.350. The zero-order valence-corrected chi connectivity index (χ0v) is 18.5. The van der Waals surface area contributed by atoms with Gasteiger partial charge in [-0.2, -0.15) is 0 Å². The summed E-state index contributed by atoms with van der Waals surface area (Å²) in [7, 11) is 0. The highest BCUT2D eigenvalue weighted by Crippen LogP contribution is 2.28. The van der Waals surface area contributed by atoms with Crippen molar-refractivity contribution in [2.75, 3.05) is 11.1 Å². The van der Waals surface area contributed by atoms with Crippen LogP contribution in [0.2, 0.25) is 5.02 Å². The normalized spacial score (nSPS) is 11.0. The van der Waals surface area contributed by atoms with Crippen LogP contribution >= 0.6 is 34.7 Å². The molecule has 1 N–H and O–H groups in total. The molecule has 1 amide bonds. The molecule has 8 heteroatoms. The Morgan fingerprint density at radius 3 is 2.82 bits per heavy atom. The Kier molecular flexibility index (Phi) is 7.15. The minimum atomic E-state index is -0.0910. The summed E-state index contributed by atoms with van der Waals surface area (Å²) in [6.07, 6.45) is 1.98. The Balaban J connectivity index is 1.71. The summed E-state index contributed by atoms with van der Waals surface area (Å²) in [6, 6.07) is 7.63. The summed E-state index contributed by atoms with van der Waals surface area (Å²) >= 11 is 9.16. The Morgan fingerprint density at radius 1 is 1.29 bits per heavy atom. The lowest BCUT2D eigenvalue weighted by molar-refractivity contribution is -0.113. The fourth-order valence-corrected chi connectivity index (χ4v) is 4.51. The second-order valence-corrected chi connectivity index (χ2v) is 8.78. The number of hydrogen-bond donors (Lipinski definition) is 1. The van der Waals surface area contributed by atoms with Crippen LogP contribution in [0.25, 0.3) is 11.4 Å². The van der Waals surface area contributed by atoms with Gasteiger partial charge in [-0.3, -0.25) is 4.79 Å². The largest absolute Gasteiger partial charge is 0.325 e. The molecule has 0 saturated carbocycles. The van der Waals surface area contributed by atoms with E-state index in [0.29, 0.717) is 5.02 Å². The van der Waals surface area contributed by atoms with Crippen LogP contribution in [0, 0.1) is 6.92 Å². The van der Waals surface area contributed by atoms with Gasteiger partial charge in [0.25, 0.3) is 0 Å². The number of aryl methyl sites for hydroxylation is 2. The molecule has 0 aliphatic heterocycles. The molecule has 28 heavy (non-hydrogen) atoms. The molecule has 148 valence electrons. The second-order valence-electron chi connectivity index (χ2n) is 6.41. The van der Waals surface area contributed by atoms with Crippen molar-refractivity contribution in [3.8, 4) is 11.4 Å². The Labute approximate surface area is 178 Å². The van der Waals surface area contributed by atoms with Crippen molar-refractivity contribution in [3.63, 3.8) is 0 Å². The summed E-state index contributed by atoms with van der Waals surface area (Å²) in [6.45, 7) is 7.03. The van der Waals surface area contributed by atoms with Gasteiger partial charge in [-0.05, 0) is 43.5 Å². The standard InChI is InChI=1S/C20H23ClN4OS2/c1-4-8-25-19(14-9-16(5-2)27-11-14)23-24-20(25)28-12-18(26)22-17-10-15(21)7-6-13(17)3/h6-7,9-11H,4-5,8,12H2,1-3H3,(H,22,26). The molecule has 3 rings (SSSR count). The van der Waals surface area contributed by atoms with E-state index in [1.807, 2.05) is 19.1 Å². The molecule has 2 heterocycles. The summed E-state index contributed by atoms with van der Waals surface area (Å²) in [5.41, 5.74) is 2.80. The molecule has 0 atom stereocenters. The number of aromatic nitrogens is 3. The highest BCUT2D eigenvalue weighted by molar-refractivity contribution is 7.99. The molecule has 0 saturated heterocycles. The lowest BCUT2D eigenvalue weighted by Crippen LogP contribution is -2.15. The van der Waals surface area contributed by atoms with Gasteiger partial charge in [0.05, 0.1) is 5.75 Å². The number of anilines is 1. The quantitative estimate of drug-likeness (QED) is 0.464. The second kappa shape index (κ2) is 9.58. The van der Waals surface area contributed by atoms with Crippen molar-refractivity contribution < 1.29 is 4.79 Å². The summed E-state index contributed by atoms with van der Waals surface area (Å²) in [5, 5.41) is 15.1. The average Bonchev–Trinajstić information content (AvgIpc) is 3.30. The number of carbonyl (C=O) groups excluding carboxylic acids is 1. The fourth-order valence-electron chi connectivity index (χ4n) is 2.76. The first-order valence-electron chi connectivity index (χ1n) is 9.21. The predicted molar refractivity (Wildman–Crippen MR) is 119 cm³/mol. The molecular weight excluding hydrogens is 412 g/mol. The minimum Gasteiger partial charge on any atom is -0.325 e. The number of amides is 1. The number of nitrogens with one attached hydrogen (secondary N) is 1. The molecule has 5 nitrogen and oxygen atoms in total. The van der Waals surface area contributed by atoms with Gasteiger partial charge in [0.15, 0.2) is 11.0 Å². The Bertz CT molecular complexity index is 967. The highest BCUT2D eigenvalue weighted by Gasteiger charge is 2.16. The molecular formula is C20H23ClN4OS2. The van der Waals surface area contributed by atoms with E-state index in [1.54, 1.807) is 17.4 Å². The first kappa shape index (κ1) is 20.9. The predicted octanol–water partition coefficient (Wildman–Crippen LogP) is 5.67. The molecule has 2 aromatic heterocycles. The van der Waals surface area contributed by atoms with Crippen LogP contribution in [0.15, 0.2) is 34.8 Å². The molecule has 0 radical (unpaired) electrons. The zero-order valence-electron chi connectivity index (χ0n) is 16.2. The van der Waals surface area contributed by atoms with Gasteiger partial charge in [-0.15, -0.1) is 21.5 Å². The third-order valence-electron chi connectivity index (χ3n) is 4.23. The molecule has 0 aliphatic rings. The van der Waals surface area contributed by atoms with Crippen LogP contribution in [0.1, 0.15) is 30.7 Å². The number of thioether (sulfide) groups is 1. The van der Waals surface area contributed by atoms with Crippen LogP contribution in [-0.2, 0) is 17.8 Å². The number of benzene rings is 1. The smallest absolute Gasteiger partial charge is 0.234 e. The van der Waals surface area contributed by atoms with Gasteiger partial charge < -0.3 is 9.88 Å². The van der Waals surface area contributed by atoms with E-state index in [2.05, 4.69) is 45.4 Å². The number of carbonyl (C=O) groups is 1.